The molecule has 0 bridgehead atoms. The number of ketones is 1. The van der Waals surface area contributed by atoms with Crippen LogP contribution in [0.4, 0.5) is 0 Å². The van der Waals surface area contributed by atoms with E-state index < -0.39 is 5.92 Å². The first kappa shape index (κ1) is 13.7. The summed E-state index contributed by atoms with van der Waals surface area (Å²) in [5.74, 6) is -0.567. The topological polar surface area (TPSA) is 53.8 Å². The Balaban J connectivity index is 2.25. The summed E-state index contributed by atoms with van der Waals surface area (Å²) >= 11 is 0. The van der Waals surface area contributed by atoms with Crippen molar-refractivity contribution < 1.29 is 4.79 Å². The molecule has 1 aliphatic carbocycles. The summed E-state index contributed by atoms with van der Waals surface area (Å²) in [7, 11) is 0. The van der Waals surface area contributed by atoms with Gasteiger partial charge >= 0.3 is 0 Å². The van der Waals surface area contributed by atoms with Crippen LogP contribution in [0.2, 0.25) is 0 Å². The number of rotatable bonds is 3. The Hall–Kier alpha value is -1.69. The fraction of sp³-hybridized carbons (Fsp3) is 0.562. The molecule has 0 N–H and O–H groups in total. The molecule has 0 aromatic carbocycles. The lowest BCUT2D eigenvalue weighted by atomic mass is 9.65. The first-order valence-electron chi connectivity index (χ1n) is 6.89. The highest BCUT2D eigenvalue weighted by Gasteiger charge is 2.40. The number of carbonyl (C=O) groups excluding carboxylic acids is 1. The molecule has 100 valence electrons. The third kappa shape index (κ3) is 2.84. The van der Waals surface area contributed by atoms with Crippen LogP contribution in [-0.4, -0.2) is 10.8 Å². The number of nitrogens with zero attached hydrogens (tertiary/aromatic N) is 2. The highest BCUT2D eigenvalue weighted by molar-refractivity contribution is 5.91. The smallest absolute Gasteiger partial charge is 0.158 e. The van der Waals surface area contributed by atoms with Crippen LogP contribution < -0.4 is 0 Å². The molecular formula is C16H20N2O. The molecule has 0 radical (unpaired) electrons. The molecule has 1 aromatic heterocycles. The van der Waals surface area contributed by atoms with Crippen molar-refractivity contribution >= 4 is 5.78 Å². The number of Topliss-reactive ketones (excluding diaryl/α,β-unsaturated/α-hetero) is 1. The molecular weight excluding hydrogens is 236 g/mol. The van der Waals surface area contributed by atoms with Gasteiger partial charge in [-0.1, -0.05) is 26.7 Å². The van der Waals surface area contributed by atoms with Gasteiger partial charge in [-0.05, 0) is 36.0 Å². The molecule has 3 nitrogen and oxygen atoms in total. The quantitative estimate of drug-likeness (QED) is 0.832. The predicted molar refractivity (Wildman–Crippen MR) is 73.3 cm³/mol. The first-order chi connectivity index (χ1) is 9.06. The van der Waals surface area contributed by atoms with Crippen molar-refractivity contribution in [1.29, 1.82) is 5.26 Å². The van der Waals surface area contributed by atoms with Gasteiger partial charge in [-0.2, -0.15) is 5.26 Å². The summed E-state index contributed by atoms with van der Waals surface area (Å²) < 4.78 is 0. The van der Waals surface area contributed by atoms with Crippen molar-refractivity contribution in [2.45, 2.75) is 45.4 Å². The molecule has 1 heterocycles. The zero-order valence-electron chi connectivity index (χ0n) is 11.6. The number of hydrogen-bond donors (Lipinski definition) is 0. The molecule has 1 fully saturated rings. The van der Waals surface area contributed by atoms with Crippen molar-refractivity contribution in [1.82, 2.24) is 4.98 Å². The van der Waals surface area contributed by atoms with Crippen LogP contribution in [0.5, 0.6) is 0 Å². The van der Waals surface area contributed by atoms with Gasteiger partial charge in [0, 0.05) is 18.3 Å². The molecule has 0 aliphatic heterocycles. The Morgan fingerprint density at radius 3 is 2.68 bits per heavy atom. The molecule has 2 unspecified atom stereocenters. The number of pyridine rings is 1. The average molecular weight is 256 g/mol. The van der Waals surface area contributed by atoms with Crippen LogP contribution in [-0.2, 0) is 4.79 Å². The molecule has 3 heteroatoms. The van der Waals surface area contributed by atoms with Crippen molar-refractivity contribution in [3.8, 4) is 6.07 Å². The highest BCUT2D eigenvalue weighted by atomic mass is 16.1. The van der Waals surface area contributed by atoms with E-state index in [2.05, 4.69) is 24.9 Å². The summed E-state index contributed by atoms with van der Waals surface area (Å²) in [6.07, 6.45) is 7.53. The minimum Gasteiger partial charge on any atom is -0.298 e. The Labute approximate surface area is 114 Å². The van der Waals surface area contributed by atoms with Crippen molar-refractivity contribution in [2.24, 2.45) is 11.3 Å². The highest BCUT2D eigenvalue weighted by Crippen LogP contribution is 2.43. The molecule has 19 heavy (non-hydrogen) atoms. The Kier molecular flexibility index (Phi) is 3.99. The molecule has 0 amide bonds. The molecule has 1 aliphatic rings. The van der Waals surface area contributed by atoms with Crippen molar-refractivity contribution in [3.05, 3.63) is 30.1 Å². The van der Waals surface area contributed by atoms with Gasteiger partial charge in [-0.25, -0.2) is 0 Å². The van der Waals surface area contributed by atoms with E-state index in [0.29, 0.717) is 0 Å². The summed E-state index contributed by atoms with van der Waals surface area (Å²) in [6.45, 7) is 4.30. The maximum absolute atomic E-state index is 12.7. The van der Waals surface area contributed by atoms with Gasteiger partial charge in [0.25, 0.3) is 0 Å². The van der Waals surface area contributed by atoms with Crippen LogP contribution in [0.15, 0.2) is 24.5 Å². The van der Waals surface area contributed by atoms with Crippen LogP contribution in [0, 0.1) is 22.7 Å². The number of hydrogen-bond acceptors (Lipinski definition) is 3. The number of carbonyl (C=O) groups is 1. The Morgan fingerprint density at radius 2 is 2.11 bits per heavy atom. The van der Waals surface area contributed by atoms with Crippen molar-refractivity contribution in [3.63, 3.8) is 0 Å². The van der Waals surface area contributed by atoms with Crippen LogP contribution in [0.25, 0.3) is 0 Å². The first-order valence-corrected chi connectivity index (χ1v) is 6.89. The van der Waals surface area contributed by atoms with E-state index in [1.165, 1.54) is 6.42 Å². The molecule has 2 rings (SSSR count). The average Bonchev–Trinajstić information content (AvgIpc) is 2.40. The third-order valence-corrected chi connectivity index (χ3v) is 4.30. The number of aromatic nitrogens is 1. The maximum Gasteiger partial charge on any atom is 0.158 e. The van der Waals surface area contributed by atoms with Gasteiger partial charge in [0.15, 0.2) is 5.78 Å². The fourth-order valence-corrected chi connectivity index (χ4v) is 3.08. The standard InChI is InChI=1S/C16H20N2O/c1-16(2)8-4-3-5-14(16)15(19)13(11-17)12-6-9-18-10-7-12/h6-7,9-10,13-14H,3-5,8H2,1-2H3. The maximum atomic E-state index is 12.7. The SMILES string of the molecule is CC1(C)CCCCC1C(=O)C(C#N)c1ccncc1. The fourth-order valence-electron chi connectivity index (χ4n) is 3.08. The summed E-state index contributed by atoms with van der Waals surface area (Å²) in [5.41, 5.74) is 0.779. The summed E-state index contributed by atoms with van der Waals surface area (Å²) in [5, 5.41) is 9.36. The molecule has 1 saturated carbocycles. The van der Waals surface area contributed by atoms with E-state index in [1.807, 2.05) is 0 Å². The van der Waals surface area contributed by atoms with Crippen LogP contribution in [0.3, 0.4) is 0 Å². The van der Waals surface area contributed by atoms with Gasteiger partial charge in [-0.3, -0.25) is 9.78 Å². The van der Waals surface area contributed by atoms with Crippen LogP contribution >= 0.6 is 0 Å². The van der Waals surface area contributed by atoms with Gasteiger partial charge in [0.2, 0.25) is 0 Å². The zero-order chi connectivity index (χ0) is 13.9. The second kappa shape index (κ2) is 5.52. The van der Waals surface area contributed by atoms with Crippen LogP contribution in [0.1, 0.15) is 51.0 Å². The van der Waals surface area contributed by atoms with E-state index in [9.17, 15) is 10.1 Å². The Morgan fingerprint density at radius 1 is 1.42 bits per heavy atom. The minimum atomic E-state index is -0.648. The lowest BCUT2D eigenvalue weighted by Gasteiger charge is -2.38. The Bertz CT molecular complexity index is 487. The summed E-state index contributed by atoms with van der Waals surface area (Å²) in [6, 6.07) is 5.71. The van der Waals surface area contributed by atoms with Crippen molar-refractivity contribution in [2.75, 3.05) is 0 Å². The second-order valence-electron chi connectivity index (χ2n) is 6.03. The van der Waals surface area contributed by atoms with E-state index in [4.69, 9.17) is 0 Å². The third-order valence-electron chi connectivity index (χ3n) is 4.30. The van der Waals surface area contributed by atoms with Gasteiger partial charge in [0.05, 0.1) is 6.07 Å². The van der Waals surface area contributed by atoms with E-state index in [-0.39, 0.29) is 17.1 Å². The summed E-state index contributed by atoms with van der Waals surface area (Å²) in [4.78, 5) is 16.6. The molecule has 0 spiro atoms. The van der Waals surface area contributed by atoms with Gasteiger partial charge in [0.1, 0.15) is 5.92 Å². The predicted octanol–water partition coefficient (Wildman–Crippen LogP) is 3.47. The monoisotopic (exact) mass is 256 g/mol. The zero-order valence-corrected chi connectivity index (χ0v) is 11.6. The van der Waals surface area contributed by atoms with E-state index >= 15 is 0 Å². The largest absolute Gasteiger partial charge is 0.298 e. The van der Waals surface area contributed by atoms with E-state index in [0.717, 1.165) is 24.8 Å². The second-order valence-corrected chi connectivity index (χ2v) is 6.03. The van der Waals surface area contributed by atoms with Gasteiger partial charge in [-0.15, -0.1) is 0 Å². The molecule has 0 saturated heterocycles. The van der Waals surface area contributed by atoms with E-state index in [1.54, 1.807) is 24.5 Å². The molecule has 1 aromatic rings. The lowest BCUT2D eigenvalue weighted by Crippen LogP contribution is -2.36. The minimum absolute atomic E-state index is 0.000865. The van der Waals surface area contributed by atoms with Gasteiger partial charge < -0.3 is 0 Å². The number of nitriles is 1. The molecule has 2 atom stereocenters. The normalized spacial score (nSPS) is 23.3. The lowest BCUT2D eigenvalue weighted by molar-refractivity contribution is -0.128.